The minimum atomic E-state index is -2.55. The van der Waals surface area contributed by atoms with Gasteiger partial charge in [0.1, 0.15) is 4.88 Å². The topological polar surface area (TPSA) is 29.1 Å². The summed E-state index contributed by atoms with van der Waals surface area (Å²) in [6.07, 6.45) is 0. The molecule has 3 aromatic rings. The first-order valence-electron chi connectivity index (χ1n) is 6.58. The van der Waals surface area contributed by atoms with E-state index < -0.39 is 11.7 Å². The maximum atomic E-state index is 12.6. The Bertz CT molecular complexity index is 866. The minimum absolute atomic E-state index is 0.313. The van der Waals surface area contributed by atoms with Crippen molar-refractivity contribution in [3.63, 3.8) is 0 Å². The molecule has 23 heavy (non-hydrogen) atoms. The lowest BCUT2D eigenvalue weighted by molar-refractivity contribution is 0.103. The molecular weight excluding hydrogens is 360 g/mol. The number of thioether (sulfide) groups is 1. The van der Waals surface area contributed by atoms with E-state index in [9.17, 15) is 13.6 Å². The zero-order chi connectivity index (χ0) is 16.4. The third-order valence-corrected chi connectivity index (χ3v) is 5.55. The standard InChI is InChI=1S/C16H10ClF2NOS2/c17-13-9-5-1-3-7-11(9)22-14(13)15(21)20-10-6-2-4-8-12(10)23-16(18)19/h1-8,16H,(H,20,21). The van der Waals surface area contributed by atoms with Crippen LogP contribution in [0.15, 0.2) is 53.4 Å². The number of para-hydroxylation sites is 1. The number of carbonyl (C=O) groups is 1. The highest BCUT2D eigenvalue weighted by molar-refractivity contribution is 7.99. The summed E-state index contributed by atoms with van der Waals surface area (Å²) in [6.45, 7) is 0. The average Bonchev–Trinajstić information content (AvgIpc) is 2.86. The summed E-state index contributed by atoms with van der Waals surface area (Å²) < 4.78 is 26.1. The van der Waals surface area contributed by atoms with Gasteiger partial charge < -0.3 is 5.32 Å². The molecule has 0 fully saturated rings. The number of nitrogens with one attached hydrogen (secondary N) is 1. The molecule has 0 spiro atoms. The molecular formula is C16H10ClF2NOS2. The number of fused-ring (bicyclic) bond motifs is 1. The third-order valence-electron chi connectivity index (χ3n) is 3.09. The normalized spacial score (nSPS) is 11.1. The van der Waals surface area contributed by atoms with Gasteiger partial charge >= 0.3 is 0 Å². The van der Waals surface area contributed by atoms with Crippen LogP contribution in [0.5, 0.6) is 0 Å². The molecule has 1 N–H and O–H groups in total. The Morgan fingerprint density at radius 1 is 1.13 bits per heavy atom. The van der Waals surface area contributed by atoms with Gasteiger partial charge in [-0.25, -0.2) is 0 Å². The Labute approximate surface area is 144 Å². The zero-order valence-electron chi connectivity index (χ0n) is 11.6. The van der Waals surface area contributed by atoms with E-state index in [4.69, 9.17) is 11.6 Å². The molecule has 0 saturated heterocycles. The monoisotopic (exact) mass is 369 g/mol. The second-order valence-corrected chi connectivity index (χ2v) is 7.03. The van der Waals surface area contributed by atoms with Gasteiger partial charge in [-0.1, -0.05) is 53.7 Å². The highest BCUT2D eigenvalue weighted by Gasteiger charge is 2.18. The lowest BCUT2D eigenvalue weighted by atomic mass is 10.2. The third kappa shape index (κ3) is 3.49. The van der Waals surface area contributed by atoms with Crippen LogP contribution < -0.4 is 5.32 Å². The van der Waals surface area contributed by atoms with Gasteiger partial charge in [-0.05, 0) is 18.2 Å². The van der Waals surface area contributed by atoms with E-state index in [0.717, 1.165) is 10.1 Å². The molecule has 0 aliphatic heterocycles. The van der Waals surface area contributed by atoms with E-state index in [1.165, 1.54) is 11.3 Å². The number of carbonyl (C=O) groups excluding carboxylic acids is 1. The molecule has 2 aromatic carbocycles. The number of rotatable bonds is 4. The molecule has 1 aromatic heterocycles. The molecule has 0 saturated carbocycles. The van der Waals surface area contributed by atoms with Gasteiger partial charge in [-0.15, -0.1) is 11.3 Å². The smallest absolute Gasteiger partial charge is 0.288 e. The highest BCUT2D eigenvalue weighted by atomic mass is 35.5. The van der Waals surface area contributed by atoms with Crippen molar-refractivity contribution in [2.24, 2.45) is 0 Å². The van der Waals surface area contributed by atoms with Crippen LogP contribution in [0.2, 0.25) is 5.02 Å². The Morgan fingerprint density at radius 2 is 1.83 bits per heavy atom. The van der Waals surface area contributed by atoms with Crippen molar-refractivity contribution in [1.29, 1.82) is 0 Å². The SMILES string of the molecule is O=C(Nc1ccccc1SC(F)F)c1sc2ccccc2c1Cl. The summed E-state index contributed by atoms with van der Waals surface area (Å²) in [4.78, 5) is 13.1. The highest BCUT2D eigenvalue weighted by Crippen LogP contribution is 2.37. The van der Waals surface area contributed by atoms with Crippen LogP contribution in [0.1, 0.15) is 9.67 Å². The summed E-state index contributed by atoms with van der Waals surface area (Å²) in [5.41, 5.74) is 0.344. The second kappa shape index (κ2) is 6.86. The number of anilines is 1. The van der Waals surface area contributed by atoms with E-state index in [0.29, 0.717) is 32.2 Å². The molecule has 0 bridgehead atoms. The van der Waals surface area contributed by atoms with Gasteiger partial charge in [0.2, 0.25) is 0 Å². The molecule has 0 atom stereocenters. The van der Waals surface area contributed by atoms with Crippen molar-refractivity contribution >= 4 is 56.4 Å². The fraction of sp³-hybridized carbons (Fsp3) is 0.0625. The molecule has 1 heterocycles. The number of amides is 1. The number of hydrogen-bond acceptors (Lipinski definition) is 3. The van der Waals surface area contributed by atoms with Gasteiger partial charge in [0.05, 0.1) is 10.7 Å². The number of halogens is 3. The first-order chi connectivity index (χ1) is 11.1. The first-order valence-corrected chi connectivity index (χ1v) is 8.66. The van der Waals surface area contributed by atoms with Gasteiger partial charge in [-0.2, -0.15) is 8.78 Å². The fourth-order valence-electron chi connectivity index (χ4n) is 2.11. The van der Waals surface area contributed by atoms with Crippen molar-refractivity contribution in [2.45, 2.75) is 10.7 Å². The molecule has 2 nitrogen and oxygen atoms in total. The van der Waals surface area contributed by atoms with Crippen LogP contribution in [0.25, 0.3) is 10.1 Å². The largest absolute Gasteiger partial charge is 0.320 e. The number of hydrogen-bond donors (Lipinski definition) is 1. The van der Waals surface area contributed by atoms with E-state index >= 15 is 0 Å². The lowest BCUT2D eigenvalue weighted by Gasteiger charge is -2.09. The molecule has 0 aliphatic rings. The van der Waals surface area contributed by atoms with Crippen molar-refractivity contribution < 1.29 is 13.6 Å². The maximum absolute atomic E-state index is 12.6. The Kier molecular flexibility index (Phi) is 4.84. The van der Waals surface area contributed by atoms with Gasteiger partial charge in [-0.3, -0.25) is 4.79 Å². The van der Waals surface area contributed by atoms with Gasteiger partial charge in [0.25, 0.3) is 11.7 Å². The molecule has 118 valence electrons. The summed E-state index contributed by atoms with van der Waals surface area (Å²) in [5.74, 6) is -2.96. The molecule has 0 unspecified atom stereocenters. The number of alkyl halides is 2. The van der Waals surface area contributed by atoms with Crippen molar-refractivity contribution in [3.8, 4) is 0 Å². The quantitative estimate of drug-likeness (QED) is 0.561. The number of thiophene rings is 1. The molecule has 1 amide bonds. The predicted molar refractivity (Wildman–Crippen MR) is 93.1 cm³/mol. The van der Waals surface area contributed by atoms with Crippen LogP contribution in [0.4, 0.5) is 14.5 Å². The van der Waals surface area contributed by atoms with E-state index in [1.54, 1.807) is 24.3 Å². The van der Waals surface area contributed by atoms with Crippen LogP contribution in [-0.4, -0.2) is 11.7 Å². The molecule has 0 radical (unpaired) electrons. The average molecular weight is 370 g/mol. The maximum Gasteiger partial charge on any atom is 0.288 e. The van der Waals surface area contributed by atoms with Gasteiger partial charge in [0, 0.05) is 15.0 Å². The van der Waals surface area contributed by atoms with E-state index in [-0.39, 0.29) is 0 Å². The Balaban J connectivity index is 1.91. The van der Waals surface area contributed by atoms with Crippen LogP contribution >= 0.6 is 34.7 Å². The van der Waals surface area contributed by atoms with Crippen molar-refractivity contribution in [3.05, 3.63) is 58.4 Å². The molecule has 7 heteroatoms. The fourth-order valence-corrected chi connectivity index (χ4v) is 4.12. The predicted octanol–water partition coefficient (Wildman–Crippen LogP) is 6.12. The van der Waals surface area contributed by atoms with Gasteiger partial charge in [0.15, 0.2) is 0 Å². The zero-order valence-corrected chi connectivity index (χ0v) is 13.9. The molecule has 3 rings (SSSR count). The summed E-state index contributed by atoms with van der Waals surface area (Å²) in [5, 5.41) is 3.85. The second-order valence-electron chi connectivity index (χ2n) is 4.57. The van der Waals surface area contributed by atoms with Crippen molar-refractivity contribution in [2.75, 3.05) is 5.32 Å². The summed E-state index contributed by atoms with van der Waals surface area (Å²) >= 11 is 7.93. The summed E-state index contributed by atoms with van der Waals surface area (Å²) in [7, 11) is 0. The minimum Gasteiger partial charge on any atom is -0.320 e. The Hall–Kier alpha value is -1.63. The molecule has 0 aliphatic carbocycles. The van der Waals surface area contributed by atoms with E-state index in [1.807, 2.05) is 24.3 Å². The Morgan fingerprint density at radius 3 is 2.57 bits per heavy atom. The van der Waals surface area contributed by atoms with Crippen LogP contribution in [-0.2, 0) is 0 Å². The van der Waals surface area contributed by atoms with E-state index in [2.05, 4.69) is 5.32 Å². The van der Waals surface area contributed by atoms with Crippen molar-refractivity contribution in [1.82, 2.24) is 0 Å². The number of benzene rings is 2. The van der Waals surface area contributed by atoms with Crippen LogP contribution in [0.3, 0.4) is 0 Å². The first kappa shape index (κ1) is 16.2. The van der Waals surface area contributed by atoms with Crippen LogP contribution in [0, 0.1) is 0 Å². The summed E-state index contributed by atoms with van der Waals surface area (Å²) in [6, 6.07) is 13.9. The lowest BCUT2D eigenvalue weighted by Crippen LogP contribution is -2.11.